The summed E-state index contributed by atoms with van der Waals surface area (Å²) in [6.45, 7) is 0. The van der Waals surface area contributed by atoms with Crippen LogP contribution in [-0.2, 0) is 0 Å². The normalized spacial score (nSPS) is 10.1. The first kappa shape index (κ1) is 14.0. The molecule has 20 heavy (non-hydrogen) atoms. The van der Waals surface area contributed by atoms with Crippen LogP contribution in [-0.4, -0.2) is 11.1 Å². The van der Waals surface area contributed by atoms with Crippen LogP contribution in [0.3, 0.4) is 0 Å². The first-order chi connectivity index (χ1) is 9.51. The van der Waals surface area contributed by atoms with Crippen LogP contribution in [0.15, 0.2) is 46.2 Å². The lowest BCUT2D eigenvalue weighted by molar-refractivity contribution is 0.0691. The molecule has 0 bridgehead atoms. The molecule has 2 aromatic rings. The highest BCUT2D eigenvalue weighted by Crippen LogP contribution is 2.31. The van der Waals surface area contributed by atoms with Gasteiger partial charge in [-0.05, 0) is 36.4 Å². The standard InChI is InChI=1S/C14H7F2NO2S/c15-9-1-4-13(8(5-9)7-17)20-10-2-3-12(16)11(6-10)14(18)19/h1-6H,(H,18,19). The third-order valence-corrected chi connectivity index (χ3v) is 3.52. The number of aromatic carboxylic acids is 1. The molecule has 0 saturated heterocycles. The highest BCUT2D eigenvalue weighted by Gasteiger charge is 2.12. The molecule has 0 atom stereocenters. The molecule has 0 fully saturated rings. The highest BCUT2D eigenvalue weighted by atomic mass is 32.2. The lowest BCUT2D eigenvalue weighted by Gasteiger charge is -2.05. The van der Waals surface area contributed by atoms with E-state index in [0.717, 1.165) is 23.9 Å². The number of carboxylic acids is 1. The van der Waals surface area contributed by atoms with E-state index in [2.05, 4.69) is 0 Å². The Morgan fingerprint density at radius 2 is 1.95 bits per heavy atom. The molecule has 100 valence electrons. The van der Waals surface area contributed by atoms with Crippen molar-refractivity contribution in [2.75, 3.05) is 0 Å². The lowest BCUT2D eigenvalue weighted by Crippen LogP contribution is -2.00. The topological polar surface area (TPSA) is 61.1 Å². The number of carbonyl (C=O) groups is 1. The zero-order valence-electron chi connectivity index (χ0n) is 9.93. The first-order valence-electron chi connectivity index (χ1n) is 5.41. The van der Waals surface area contributed by atoms with E-state index in [4.69, 9.17) is 10.4 Å². The number of carboxylic acid groups (broad SMARTS) is 1. The van der Waals surface area contributed by atoms with Gasteiger partial charge in [0.2, 0.25) is 0 Å². The van der Waals surface area contributed by atoms with Crippen molar-refractivity contribution in [1.29, 1.82) is 5.26 Å². The summed E-state index contributed by atoms with van der Waals surface area (Å²) in [4.78, 5) is 11.8. The van der Waals surface area contributed by atoms with Crippen molar-refractivity contribution in [2.45, 2.75) is 9.79 Å². The Morgan fingerprint density at radius 3 is 2.60 bits per heavy atom. The summed E-state index contributed by atoms with van der Waals surface area (Å²) >= 11 is 1.07. The monoisotopic (exact) mass is 291 g/mol. The van der Waals surface area contributed by atoms with Crippen LogP contribution in [0.1, 0.15) is 15.9 Å². The van der Waals surface area contributed by atoms with E-state index in [1.807, 2.05) is 6.07 Å². The molecule has 0 aliphatic rings. The van der Waals surface area contributed by atoms with Gasteiger partial charge in [-0.1, -0.05) is 11.8 Å². The molecule has 0 amide bonds. The molecular formula is C14H7F2NO2S. The van der Waals surface area contributed by atoms with Crippen LogP contribution in [0, 0.1) is 23.0 Å². The van der Waals surface area contributed by atoms with Crippen LogP contribution >= 0.6 is 11.8 Å². The van der Waals surface area contributed by atoms with Crippen molar-refractivity contribution in [1.82, 2.24) is 0 Å². The Labute approximate surface area is 117 Å². The Kier molecular flexibility index (Phi) is 4.01. The van der Waals surface area contributed by atoms with Gasteiger partial charge >= 0.3 is 5.97 Å². The van der Waals surface area contributed by atoms with Gasteiger partial charge in [0.15, 0.2) is 0 Å². The van der Waals surface area contributed by atoms with E-state index in [9.17, 15) is 13.6 Å². The van der Waals surface area contributed by atoms with E-state index in [1.165, 1.54) is 24.3 Å². The summed E-state index contributed by atoms with van der Waals surface area (Å²) < 4.78 is 26.3. The summed E-state index contributed by atoms with van der Waals surface area (Å²) in [5.41, 5.74) is -0.313. The van der Waals surface area contributed by atoms with E-state index in [-0.39, 0.29) is 5.56 Å². The van der Waals surface area contributed by atoms with Crippen LogP contribution in [0.5, 0.6) is 0 Å². The third kappa shape index (κ3) is 2.95. The van der Waals surface area contributed by atoms with Crippen LogP contribution in [0.4, 0.5) is 8.78 Å². The number of nitriles is 1. The summed E-state index contributed by atoms with van der Waals surface area (Å²) in [5.74, 6) is -2.73. The molecule has 0 aromatic heterocycles. The summed E-state index contributed by atoms with van der Waals surface area (Å²) in [6.07, 6.45) is 0. The molecule has 0 aliphatic heterocycles. The van der Waals surface area contributed by atoms with Gasteiger partial charge in [0.1, 0.15) is 17.7 Å². The quantitative estimate of drug-likeness (QED) is 0.937. The van der Waals surface area contributed by atoms with Gasteiger partial charge in [-0.15, -0.1) is 0 Å². The summed E-state index contributed by atoms with van der Waals surface area (Å²) in [7, 11) is 0. The Balaban J connectivity index is 2.38. The maximum absolute atomic E-state index is 13.3. The highest BCUT2D eigenvalue weighted by molar-refractivity contribution is 7.99. The summed E-state index contributed by atoms with van der Waals surface area (Å²) in [6, 6.07) is 9.18. The van der Waals surface area contributed by atoms with Gasteiger partial charge in [0.25, 0.3) is 0 Å². The van der Waals surface area contributed by atoms with Crippen molar-refractivity contribution in [3.8, 4) is 6.07 Å². The van der Waals surface area contributed by atoms with Gasteiger partial charge in [-0.25, -0.2) is 13.6 Å². The molecule has 0 spiro atoms. The van der Waals surface area contributed by atoms with Crippen LogP contribution in [0.2, 0.25) is 0 Å². The Bertz CT molecular complexity index is 726. The molecule has 0 unspecified atom stereocenters. The lowest BCUT2D eigenvalue weighted by atomic mass is 10.2. The smallest absolute Gasteiger partial charge is 0.338 e. The van der Waals surface area contributed by atoms with Gasteiger partial charge < -0.3 is 5.11 Å². The molecule has 2 rings (SSSR count). The zero-order valence-corrected chi connectivity index (χ0v) is 10.7. The predicted molar refractivity (Wildman–Crippen MR) is 68.6 cm³/mol. The fourth-order valence-corrected chi connectivity index (χ4v) is 2.45. The Morgan fingerprint density at radius 1 is 1.20 bits per heavy atom. The number of halogens is 2. The van der Waals surface area contributed by atoms with Gasteiger partial charge in [0.05, 0.1) is 11.1 Å². The molecule has 0 aliphatic carbocycles. The van der Waals surface area contributed by atoms with Crippen LogP contribution in [0.25, 0.3) is 0 Å². The van der Waals surface area contributed by atoms with E-state index in [1.54, 1.807) is 0 Å². The van der Waals surface area contributed by atoms with E-state index < -0.39 is 23.2 Å². The zero-order chi connectivity index (χ0) is 14.7. The third-order valence-electron chi connectivity index (χ3n) is 2.46. The minimum atomic E-state index is -1.37. The van der Waals surface area contributed by atoms with Gasteiger partial charge in [-0.3, -0.25) is 0 Å². The van der Waals surface area contributed by atoms with Crippen molar-refractivity contribution in [3.05, 3.63) is 59.2 Å². The second kappa shape index (κ2) is 5.72. The molecule has 2 aromatic carbocycles. The van der Waals surface area contributed by atoms with Crippen molar-refractivity contribution in [2.24, 2.45) is 0 Å². The number of nitrogens with zero attached hydrogens (tertiary/aromatic N) is 1. The molecule has 6 heteroatoms. The Hall–Kier alpha value is -2.39. The molecule has 0 radical (unpaired) electrons. The first-order valence-corrected chi connectivity index (χ1v) is 6.23. The molecule has 3 nitrogen and oxygen atoms in total. The minimum absolute atomic E-state index is 0.135. The fraction of sp³-hybridized carbons (Fsp3) is 0. The van der Waals surface area contributed by atoms with Gasteiger partial charge in [0, 0.05) is 9.79 Å². The van der Waals surface area contributed by atoms with Crippen molar-refractivity contribution < 1.29 is 18.7 Å². The predicted octanol–water partition coefficient (Wildman–Crippen LogP) is 3.69. The second-order valence-corrected chi connectivity index (χ2v) is 4.92. The maximum atomic E-state index is 13.3. The second-order valence-electron chi connectivity index (χ2n) is 3.80. The molecular weight excluding hydrogens is 284 g/mol. The number of benzene rings is 2. The van der Waals surface area contributed by atoms with E-state index in [0.29, 0.717) is 9.79 Å². The fourth-order valence-electron chi connectivity index (χ4n) is 1.54. The SMILES string of the molecule is N#Cc1cc(F)ccc1Sc1ccc(F)c(C(=O)O)c1. The average molecular weight is 291 g/mol. The van der Waals surface area contributed by atoms with Crippen LogP contribution < -0.4 is 0 Å². The van der Waals surface area contributed by atoms with Crippen molar-refractivity contribution >= 4 is 17.7 Å². The maximum Gasteiger partial charge on any atom is 0.338 e. The van der Waals surface area contributed by atoms with Crippen molar-refractivity contribution in [3.63, 3.8) is 0 Å². The van der Waals surface area contributed by atoms with Gasteiger partial charge in [-0.2, -0.15) is 5.26 Å². The van der Waals surface area contributed by atoms with E-state index >= 15 is 0 Å². The number of hydrogen-bond acceptors (Lipinski definition) is 3. The summed E-state index contributed by atoms with van der Waals surface area (Å²) in [5, 5.41) is 17.8. The molecule has 0 saturated carbocycles. The number of hydrogen-bond donors (Lipinski definition) is 1. The minimum Gasteiger partial charge on any atom is -0.478 e. The number of rotatable bonds is 3. The molecule has 1 N–H and O–H groups in total. The molecule has 0 heterocycles. The largest absolute Gasteiger partial charge is 0.478 e. The average Bonchev–Trinajstić information content (AvgIpc) is 2.42.